The van der Waals surface area contributed by atoms with Gasteiger partial charge >= 0.3 is 0 Å². The second kappa shape index (κ2) is 7.05. The van der Waals surface area contributed by atoms with Crippen molar-refractivity contribution in [3.05, 3.63) is 29.3 Å². The number of hydrogen-bond donors (Lipinski definition) is 2. The number of benzene rings is 1. The number of nitrogens with one attached hydrogen (secondary N) is 2. The van der Waals surface area contributed by atoms with E-state index in [1.807, 2.05) is 13.8 Å². The molecule has 0 saturated carbocycles. The first-order valence-corrected chi connectivity index (χ1v) is 6.15. The van der Waals surface area contributed by atoms with Crippen molar-refractivity contribution >= 4 is 23.2 Å². The average Bonchev–Trinajstić information content (AvgIpc) is 2.29. The summed E-state index contributed by atoms with van der Waals surface area (Å²) in [4.78, 5) is 11.7. The van der Waals surface area contributed by atoms with Crippen LogP contribution in [0.4, 0.5) is 5.69 Å². The van der Waals surface area contributed by atoms with E-state index in [1.165, 1.54) is 0 Å². The number of amides is 1. The zero-order chi connectivity index (χ0) is 13.5. The van der Waals surface area contributed by atoms with Crippen LogP contribution in [0.3, 0.4) is 0 Å². The summed E-state index contributed by atoms with van der Waals surface area (Å²) in [6, 6.07) is 6.91. The largest absolute Gasteiger partial charge is 0.325 e. The highest BCUT2D eigenvalue weighted by Crippen LogP contribution is 2.14. The number of halogens is 1. The minimum absolute atomic E-state index is 0.102. The molecule has 3 nitrogen and oxygen atoms in total. The minimum Gasteiger partial charge on any atom is -0.325 e. The molecule has 1 unspecified atom stereocenters. The second-order valence-electron chi connectivity index (χ2n) is 4.33. The summed E-state index contributed by atoms with van der Waals surface area (Å²) < 4.78 is 0. The van der Waals surface area contributed by atoms with Crippen LogP contribution in [0.15, 0.2) is 24.3 Å². The van der Waals surface area contributed by atoms with Gasteiger partial charge in [0, 0.05) is 10.7 Å². The van der Waals surface area contributed by atoms with Crippen LogP contribution in [0, 0.1) is 18.3 Å². The Morgan fingerprint density at radius 3 is 2.78 bits per heavy atom. The van der Waals surface area contributed by atoms with E-state index in [0.29, 0.717) is 10.7 Å². The Morgan fingerprint density at radius 1 is 1.50 bits per heavy atom. The lowest BCUT2D eigenvalue weighted by atomic mass is 10.1. The van der Waals surface area contributed by atoms with E-state index in [9.17, 15) is 4.79 Å². The molecule has 0 aliphatic carbocycles. The van der Waals surface area contributed by atoms with Gasteiger partial charge in [-0.3, -0.25) is 10.1 Å². The highest BCUT2D eigenvalue weighted by molar-refractivity contribution is 6.30. The molecular weight excluding hydrogens is 248 g/mol. The molecule has 0 fully saturated rings. The van der Waals surface area contributed by atoms with Crippen molar-refractivity contribution in [2.75, 3.05) is 11.9 Å². The zero-order valence-corrected chi connectivity index (χ0v) is 11.3. The second-order valence-corrected chi connectivity index (χ2v) is 4.76. The predicted molar refractivity (Wildman–Crippen MR) is 75.5 cm³/mol. The molecule has 1 aromatic carbocycles. The van der Waals surface area contributed by atoms with Crippen LogP contribution in [-0.2, 0) is 4.79 Å². The summed E-state index contributed by atoms with van der Waals surface area (Å²) in [5.41, 5.74) is 0.677. The third-order valence-corrected chi connectivity index (χ3v) is 2.67. The zero-order valence-electron chi connectivity index (χ0n) is 10.5. The van der Waals surface area contributed by atoms with Crippen LogP contribution in [0.2, 0.25) is 5.02 Å². The number of terminal acetylenes is 1. The Hall–Kier alpha value is -1.50. The smallest absolute Gasteiger partial charge is 0.238 e. The van der Waals surface area contributed by atoms with E-state index in [4.69, 9.17) is 18.0 Å². The summed E-state index contributed by atoms with van der Waals surface area (Å²) in [6.45, 7) is 4.19. The van der Waals surface area contributed by atoms with Crippen molar-refractivity contribution in [1.29, 1.82) is 0 Å². The van der Waals surface area contributed by atoms with Crippen LogP contribution in [0.1, 0.15) is 13.8 Å². The van der Waals surface area contributed by atoms with Crippen molar-refractivity contribution in [2.24, 2.45) is 5.92 Å². The summed E-state index contributed by atoms with van der Waals surface area (Å²) in [7, 11) is 0. The first-order chi connectivity index (χ1) is 8.52. The minimum atomic E-state index is -0.141. The molecule has 0 bridgehead atoms. The molecule has 1 aromatic rings. The van der Waals surface area contributed by atoms with Crippen molar-refractivity contribution in [3.63, 3.8) is 0 Å². The van der Waals surface area contributed by atoms with Crippen LogP contribution in [0.25, 0.3) is 0 Å². The monoisotopic (exact) mass is 264 g/mol. The van der Waals surface area contributed by atoms with Gasteiger partial charge in [0.1, 0.15) is 0 Å². The van der Waals surface area contributed by atoms with Gasteiger partial charge in [0.05, 0.1) is 12.6 Å². The Kier molecular flexibility index (Phi) is 5.70. The predicted octanol–water partition coefficient (Wildman–Crippen LogP) is 2.53. The topological polar surface area (TPSA) is 41.1 Å². The highest BCUT2D eigenvalue weighted by Gasteiger charge is 2.11. The molecule has 0 aromatic heterocycles. The molecule has 0 radical (unpaired) electrons. The van der Waals surface area contributed by atoms with Gasteiger partial charge in [-0.15, -0.1) is 6.42 Å². The lowest BCUT2D eigenvalue weighted by Gasteiger charge is -2.16. The van der Waals surface area contributed by atoms with Gasteiger partial charge in [0.25, 0.3) is 0 Å². The molecule has 1 atom stereocenters. The third kappa shape index (κ3) is 4.79. The van der Waals surface area contributed by atoms with Gasteiger partial charge in [-0.25, -0.2) is 0 Å². The SMILES string of the molecule is C#CC(NCC(=O)Nc1cccc(Cl)c1)C(C)C. The maximum atomic E-state index is 11.7. The standard InChI is InChI=1S/C14H17ClN2O/c1-4-13(10(2)3)16-9-14(18)17-12-7-5-6-11(15)8-12/h1,5-8,10,13,16H,9H2,2-3H3,(H,17,18). The Bertz CT molecular complexity index is 451. The molecule has 0 saturated heterocycles. The highest BCUT2D eigenvalue weighted by atomic mass is 35.5. The maximum Gasteiger partial charge on any atom is 0.238 e. The van der Waals surface area contributed by atoms with Crippen molar-refractivity contribution < 1.29 is 4.79 Å². The first kappa shape index (κ1) is 14.6. The molecule has 0 aliphatic heterocycles. The van der Waals surface area contributed by atoms with E-state index in [-0.39, 0.29) is 24.4 Å². The van der Waals surface area contributed by atoms with Gasteiger partial charge in [-0.05, 0) is 24.1 Å². The van der Waals surface area contributed by atoms with Crippen molar-refractivity contribution in [3.8, 4) is 12.3 Å². The van der Waals surface area contributed by atoms with E-state index in [1.54, 1.807) is 24.3 Å². The first-order valence-electron chi connectivity index (χ1n) is 5.78. The van der Waals surface area contributed by atoms with Gasteiger partial charge in [-0.1, -0.05) is 37.4 Å². The van der Waals surface area contributed by atoms with Crippen LogP contribution >= 0.6 is 11.6 Å². The van der Waals surface area contributed by atoms with E-state index in [2.05, 4.69) is 16.6 Å². The summed E-state index contributed by atoms with van der Waals surface area (Å²) in [6.07, 6.45) is 5.37. The fourth-order valence-corrected chi connectivity index (χ4v) is 1.65. The Morgan fingerprint density at radius 2 is 2.22 bits per heavy atom. The molecule has 4 heteroatoms. The number of carbonyl (C=O) groups is 1. The summed E-state index contributed by atoms with van der Waals surface area (Å²) >= 11 is 5.83. The van der Waals surface area contributed by atoms with Gasteiger partial charge < -0.3 is 5.32 Å². The number of carbonyl (C=O) groups excluding carboxylic acids is 1. The van der Waals surface area contributed by atoms with E-state index < -0.39 is 0 Å². The third-order valence-electron chi connectivity index (χ3n) is 2.44. The quantitative estimate of drug-likeness (QED) is 0.803. The lowest BCUT2D eigenvalue weighted by Crippen LogP contribution is -2.38. The number of rotatable bonds is 5. The average molecular weight is 265 g/mol. The molecule has 0 heterocycles. The van der Waals surface area contributed by atoms with Crippen LogP contribution in [-0.4, -0.2) is 18.5 Å². The van der Waals surface area contributed by atoms with Crippen LogP contribution < -0.4 is 10.6 Å². The molecule has 2 N–H and O–H groups in total. The lowest BCUT2D eigenvalue weighted by molar-refractivity contribution is -0.115. The number of hydrogen-bond acceptors (Lipinski definition) is 2. The molecule has 96 valence electrons. The van der Waals surface area contributed by atoms with Crippen molar-refractivity contribution in [2.45, 2.75) is 19.9 Å². The van der Waals surface area contributed by atoms with E-state index in [0.717, 1.165) is 0 Å². The van der Waals surface area contributed by atoms with Gasteiger partial charge in [0.15, 0.2) is 0 Å². The van der Waals surface area contributed by atoms with Crippen molar-refractivity contribution in [1.82, 2.24) is 5.32 Å². The molecule has 1 amide bonds. The van der Waals surface area contributed by atoms with Crippen LogP contribution in [0.5, 0.6) is 0 Å². The molecule has 18 heavy (non-hydrogen) atoms. The normalized spacial score (nSPS) is 11.9. The van der Waals surface area contributed by atoms with E-state index >= 15 is 0 Å². The molecule has 0 aliphatic rings. The summed E-state index contributed by atoms with van der Waals surface area (Å²) in [5, 5.41) is 6.36. The van der Waals surface area contributed by atoms with Gasteiger partial charge in [0.2, 0.25) is 5.91 Å². The molecular formula is C14H17ClN2O. The maximum absolute atomic E-state index is 11.7. The molecule has 0 spiro atoms. The fraction of sp³-hybridized carbons (Fsp3) is 0.357. The van der Waals surface area contributed by atoms with Gasteiger partial charge in [-0.2, -0.15) is 0 Å². The fourth-order valence-electron chi connectivity index (χ4n) is 1.46. The molecule has 1 rings (SSSR count). The Balaban J connectivity index is 2.45. The number of anilines is 1. The summed E-state index contributed by atoms with van der Waals surface area (Å²) in [5.74, 6) is 2.76. The Labute approximate surface area is 113 Å².